The van der Waals surface area contributed by atoms with Crippen LogP contribution < -0.4 is 5.73 Å². The molecule has 0 radical (unpaired) electrons. The van der Waals surface area contributed by atoms with E-state index >= 15 is 0 Å². The molecular formula is C7H10F3N3. The van der Waals surface area contributed by atoms with Crippen molar-refractivity contribution in [3.8, 4) is 0 Å². The van der Waals surface area contributed by atoms with E-state index in [9.17, 15) is 13.2 Å². The Balaban J connectivity index is 2.94. The summed E-state index contributed by atoms with van der Waals surface area (Å²) in [7, 11) is 0. The molecule has 0 saturated carbocycles. The van der Waals surface area contributed by atoms with Crippen LogP contribution in [0.3, 0.4) is 0 Å². The molecule has 1 unspecified atom stereocenters. The van der Waals surface area contributed by atoms with E-state index in [0.717, 1.165) is 0 Å². The van der Waals surface area contributed by atoms with Crippen molar-refractivity contribution in [2.75, 3.05) is 0 Å². The fourth-order valence-corrected chi connectivity index (χ4v) is 1.04. The molecule has 0 spiro atoms. The van der Waals surface area contributed by atoms with E-state index in [1.165, 1.54) is 16.9 Å². The molecule has 0 saturated heterocycles. The summed E-state index contributed by atoms with van der Waals surface area (Å²) in [6, 6.07) is -0.670. The van der Waals surface area contributed by atoms with Gasteiger partial charge < -0.3 is 5.73 Å². The second-order valence-electron chi connectivity index (χ2n) is 2.59. The van der Waals surface area contributed by atoms with Gasteiger partial charge in [-0.1, -0.05) is 0 Å². The maximum atomic E-state index is 12.2. The van der Waals surface area contributed by atoms with Crippen LogP contribution in [0.4, 0.5) is 13.2 Å². The monoisotopic (exact) mass is 193 g/mol. The predicted molar refractivity (Wildman–Crippen MR) is 40.9 cm³/mol. The number of nitrogens with zero attached hydrogens (tertiary/aromatic N) is 2. The lowest BCUT2D eigenvalue weighted by atomic mass is 10.2. The van der Waals surface area contributed by atoms with Gasteiger partial charge in [0.1, 0.15) is 6.04 Å². The first-order valence-corrected chi connectivity index (χ1v) is 3.80. The smallest absolute Gasteiger partial charge is 0.315 e. The van der Waals surface area contributed by atoms with Gasteiger partial charge in [0.15, 0.2) is 0 Å². The van der Waals surface area contributed by atoms with Gasteiger partial charge in [-0.3, -0.25) is 4.68 Å². The largest absolute Gasteiger partial charge is 0.409 e. The standard InChI is InChI=1S/C7H10F3N3/c1-2-13-5(3-4-12-13)6(11)7(8,9)10/h3-4,6H,2,11H2,1H3. The van der Waals surface area contributed by atoms with E-state index in [1.54, 1.807) is 6.92 Å². The highest BCUT2D eigenvalue weighted by molar-refractivity contribution is 5.08. The average Bonchev–Trinajstić information content (AvgIpc) is 2.48. The fraction of sp³-hybridized carbons (Fsp3) is 0.571. The van der Waals surface area contributed by atoms with Crippen LogP contribution in [0.1, 0.15) is 18.7 Å². The normalized spacial score (nSPS) is 14.5. The number of halogens is 3. The Morgan fingerprint density at radius 2 is 2.23 bits per heavy atom. The molecule has 74 valence electrons. The van der Waals surface area contributed by atoms with Crippen LogP contribution in [0.15, 0.2) is 12.3 Å². The van der Waals surface area contributed by atoms with Crippen LogP contribution in [0.5, 0.6) is 0 Å². The number of hydrogen-bond acceptors (Lipinski definition) is 2. The molecular weight excluding hydrogens is 183 g/mol. The Morgan fingerprint density at radius 3 is 2.69 bits per heavy atom. The highest BCUT2D eigenvalue weighted by Gasteiger charge is 2.39. The molecule has 1 atom stereocenters. The summed E-state index contributed by atoms with van der Waals surface area (Å²) in [6.45, 7) is 2.09. The number of aryl methyl sites for hydroxylation is 1. The van der Waals surface area contributed by atoms with Gasteiger partial charge in [0.05, 0.1) is 5.69 Å². The highest BCUT2D eigenvalue weighted by Crippen LogP contribution is 2.29. The lowest BCUT2D eigenvalue weighted by Crippen LogP contribution is -2.30. The minimum Gasteiger partial charge on any atom is -0.315 e. The number of nitrogens with two attached hydrogens (primary N) is 1. The van der Waals surface area contributed by atoms with Crippen LogP contribution in [0.2, 0.25) is 0 Å². The number of alkyl halides is 3. The van der Waals surface area contributed by atoms with Crippen molar-refractivity contribution in [1.82, 2.24) is 9.78 Å². The van der Waals surface area contributed by atoms with Crippen molar-refractivity contribution < 1.29 is 13.2 Å². The van der Waals surface area contributed by atoms with Gasteiger partial charge in [-0.15, -0.1) is 0 Å². The second kappa shape index (κ2) is 3.37. The molecule has 13 heavy (non-hydrogen) atoms. The summed E-state index contributed by atoms with van der Waals surface area (Å²) in [6.07, 6.45) is -3.10. The van der Waals surface area contributed by atoms with Crippen molar-refractivity contribution in [3.63, 3.8) is 0 Å². The third-order valence-electron chi connectivity index (χ3n) is 1.72. The van der Waals surface area contributed by atoms with Gasteiger partial charge in [-0.2, -0.15) is 18.3 Å². The molecule has 1 rings (SSSR count). The number of hydrogen-bond donors (Lipinski definition) is 1. The zero-order chi connectivity index (χ0) is 10.1. The first-order chi connectivity index (χ1) is 5.96. The molecule has 0 aliphatic heterocycles. The van der Waals surface area contributed by atoms with Crippen molar-refractivity contribution in [2.45, 2.75) is 25.7 Å². The van der Waals surface area contributed by atoms with Crippen LogP contribution in [0.25, 0.3) is 0 Å². The van der Waals surface area contributed by atoms with Crippen molar-refractivity contribution in [3.05, 3.63) is 18.0 Å². The molecule has 2 N–H and O–H groups in total. The molecule has 0 aliphatic rings. The van der Waals surface area contributed by atoms with Crippen molar-refractivity contribution in [2.24, 2.45) is 5.73 Å². The molecule has 0 amide bonds. The molecule has 3 nitrogen and oxygen atoms in total. The average molecular weight is 193 g/mol. The van der Waals surface area contributed by atoms with E-state index in [1.807, 2.05) is 0 Å². The maximum absolute atomic E-state index is 12.2. The van der Waals surface area contributed by atoms with E-state index in [2.05, 4.69) is 5.10 Å². The minimum absolute atomic E-state index is 0.00463. The van der Waals surface area contributed by atoms with Crippen LogP contribution in [-0.2, 0) is 6.54 Å². The summed E-state index contributed by atoms with van der Waals surface area (Å²) in [5.74, 6) is 0. The van der Waals surface area contributed by atoms with Gasteiger partial charge in [0.2, 0.25) is 0 Å². The van der Waals surface area contributed by atoms with E-state index in [0.29, 0.717) is 6.54 Å². The predicted octanol–water partition coefficient (Wildman–Crippen LogP) is 1.47. The molecule has 0 aromatic carbocycles. The Kier molecular flexibility index (Phi) is 2.60. The third-order valence-corrected chi connectivity index (χ3v) is 1.72. The van der Waals surface area contributed by atoms with Gasteiger partial charge in [0.25, 0.3) is 0 Å². The van der Waals surface area contributed by atoms with Gasteiger partial charge >= 0.3 is 6.18 Å². The SMILES string of the molecule is CCn1nccc1C(N)C(F)(F)F. The van der Waals surface area contributed by atoms with Crippen molar-refractivity contribution >= 4 is 0 Å². The molecule has 0 aliphatic carbocycles. The Hall–Kier alpha value is -1.04. The highest BCUT2D eigenvalue weighted by atomic mass is 19.4. The van der Waals surface area contributed by atoms with E-state index < -0.39 is 12.2 Å². The second-order valence-corrected chi connectivity index (χ2v) is 2.59. The zero-order valence-corrected chi connectivity index (χ0v) is 7.04. The third kappa shape index (κ3) is 2.00. The van der Waals surface area contributed by atoms with Crippen LogP contribution in [0, 0.1) is 0 Å². The number of rotatable bonds is 2. The summed E-state index contributed by atoms with van der Waals surface area (Å²) < 4.78 is 37.7. The fourth-order valence-electron chi connectivity index (χ4n) is 1.04. The van der Waals surface area contributed by atoms with Gasteiger partial charge in [-0.05, 0) is 13.0 Å². The summed E-state index contributed by atoms with van der Waals surface area (Å²) in [5, 5.41) is 3.71. The lowest BCUT2D eigenvalue weighted by Gasteiger charge is -2.16. The van der Waals surface area contributed by atoms with Gasteiger partial charge in [0, 0.05) is 12.7 Å². The quantitative estimate of drug-likeness (QED) is 0.772. The number of aromatic nitrogens is 2. The van der Waals surface area contributed by atoms with E-state index in [-0.39, 0.29) is 5.69 Å². The zero-order valence-electron chi connectivity index (χ0n) is 7.04. The lowest BCUT2D eigenvalue weighted by molar-refractivity contribution is -0.150. The van der Waals surface area contributed by atoms with Crippen molar-refractivity contribution in [1.29, 1.82) is 0 Å². The molecule has 0 bridgehead atoms. The summed E-state index contributed by atoms with van der Waals surface area (Å²) in [5.41, 5.74) is 5.00. The summed E-state index contributed by atoms with van der Waals surface area (Å²) >= 11 is 0. The van der Waals surface area contributed by atoms with Gasteiger partial charge in [-0.25, -0.2) is 0 Å². The minimum atomic E-state index is -4.41. The molecule has 0 fully saturated rings. The van der Waals surface area contributed by atoms with E-state index in [4.69, 9.17) is 5.73 Å². The Bertz CT molecular complexity index is 279. The maximum Gasteiger partial charge on any atom is 0.409 e. The molecule has 1 heterocycles. The topological polar surface area (TPSA) is 43.8 Å². The Morgan fingerprint density at radius 1 is 1.62 bits per heavy atom. The summed E-state index contributed by atoms with van der Waals surface area (Å²) in [4.78, 5) is 0. The first-order valence-electron chi connectivity index (χ1n) is 3.80. The van der Waals surface area contributed by atoms with Crippen LogP contribution >= 0.6 is 0 Å². The molecule has 1 aromatic heterocycles. The van der Waals surface area contributed by atoms with Crippen LogP contribution in [-0.4, -0.2) is 16.0 Å². The molecule has 6 heteroatoms. The molecule has 1 aromatic rings. The Labute approximate surface area is 73.3 Å². The first kappa shape index (κ1) is 10.0.